The van der Waals surface area contributed by atoms with E-state index in [4.69, 9.17) is 16.3 Å². The van der Waals surface area contributed by atoms with Crippen LogP contribution in [0.3, 0.4) is 0 Å². The van der Waals surface area contributed by atoms with Crippen LogP contribution in [0.15, 0.2) is 30.3 Å². The maximum absolute atomic E-state index is 12.5. The van der Waals surface area contributed by atoms with Gasteiger partial charge in [-0.05, 0) is 63.1 Å². The lowest BCUT2D eigenvalue weighted by Crippen LogP contribution is -2.13. The van der Waals surface area contributed by atoms with Gasteiger partial charge in [0.15, 0.2) is 17.3 Å². The van der Waals surface area contributed by atoms with E-state index in [0.717, 1.165) is 17.0 Å². The van der Waals surface area contributed by atoms with E-state index in [9.17, 15) is 4.79 Å². The third-order valence-electron chi connectivity index (χ3n) is 5.10. The Balaban J connectivity index is 1.49. The lowest BCUT2D eigenvalue weighted by Gasteiger charge is -2.08. The highest BCUT2D eigenvalue weighted by molar-refractivity contribution is 6.32. The first-order valence-electron chi connectivity index (χ1n) is 9.75. The number of fused-ring (bicyclic) bond motifs is 1. The molecule has 0 fully saturated rings. The number of benzene rings is 1. The van der Waals surface area contributed by atoms with E-state index in [-0.39, 0.29) is 5.91 Å². The van der Waals surface area contributed by atoms with Gasteiger partial charge in [-0.25, -0.2) is 4.68 Å². The molecule has 0 atom stereocenters. The second kappa shape index (κ2) is 8.35. The summed E-state index contributed by atoms with van der Waals surface area (Å²) >= 11 is 6.12. The van der Waals surface area contributed by atoms with Crippen LogP contribution in [0, 0.1) is 20.8 Å². The average molecular weight is 440 g/mol. The van der Waals surface area contributed by atoms with Crippen molar-refractivity contribution >= 4 is 28.8 Å². The number of ether oxygens (including phenoxy) is 1. The zero-order valence-corrected chi connectivity index (χ0v) is 18.4. The molecule has 3 aromatic heterocycles. The number of aryl methyl sites for hydroxylation is 2. The number of anilines is 1. The summed E-state index contributed by atoms with van der Waals surface area (Å²) in [5.41, 5.74) is 4.13. The van der Waals surface area contributed by atoms with Crippen LogP contribution in [0.5, 0.6) is 5.75 Å². The molecule has 4 rings (SSSR count). The van der Waals surface area contributed by atoms with Gasteiger partial charge in [0.1, 0.15) is 5.75 Å². The van der Waals surface area contributed by atoms with Crippen molar-refractivity contribution in [2.75, 3.05) is 12.4 Å². The average Bonchev–Trinajstić information content (AvgIpc) is 3.25. The van der Waals surface area contributed by atoms with Crippen molar-refractivity contribution in [2.24, 2.45) is 0 Å². The van der Waals surface area contributed by atoms with Crippen LogP contribution in [0.25, 0.3) is 11.5 Å². The topological polar surface area (TPSA) is 99.2 Å². The van der Waals surface area contributed by atoms with Gasteiger partial charge in [0.2, 0.25) is 5.91 Å². The summed E-state index contributed by atoms with van der Waals surface area (Å²) in [6.07, 6.45) is 0.870. The fourth-order valence-electron chi connectivity index (χ4n) is 3.47. The molecule has 160 valence electrons. The molecule has 0 unspecified atom stereocenters. The zero-order chi connectivity index (χ0) is 22.1. The molecule has 0 radical (unpaired) electrons. The second-order valence-corrected chi connectivity index (χ2v) is 7.57. The lowest BCUT2D eigenvalue weighted by molar-refractivity contribution is -0.116. The Morgan fingerprint density at radius 1 is 1.13 bits per heavy atom. The van der Waals surface area contributed by atoms with E-state index < -0.39 is 0 Å². The Bertz CT molecular complexity index is 1280. The Hall–Kier alpha value is -3.46. The molecule has 0 aliphatic rings. The molecule has 0 bridgehead atoms. The number of aromatic nitrogens is 6. The third kappa shape index (κ3) is 4.09. The van der Waals surface area contributed by atoms with Crippen molar-refractivity contribution in [2.45, 2.75) is 33.6 Å². The number of amides is 1. The van der Waals surface area contributed by atoms with E-state index in [2.05, 4.69) is 25.7 Å². The standard InChI is InChI=1S/C21H22ClN7O2/c1-12-16(6-10-21(30)23-15-5-7-18(31-4)17(22)11-15)13(2)28(26-12)20-9-8-19-25-24-14(3)29(19)27-20/h5,7-9,11H,6,10H2,1-4H3,(H,23,30). The van der Waals surface area contributed by atoms with Crippen molar-refractivity contribution < 1.29 is 9.53 Å². The maximum atomic E-state index is 12.5. The van der Waals surface area contributed by atoms with Gasteiger partial charge in [0, 0.05) is 17.8 Å². The number of carbonyl (C=O) groups excluding carboxylic acids is 1. The highest BCUT2D eigenvalue weighted by atomic mass is 35.5. The van der Waals surface area contributed by atoms with Crippen LogP contribution in [0.1, 0.15) is 29.2 Å². The number of hydrogen-bond donors (Lipinski definition) is 1. The fraction of sp³-hybridized carbons (Fsp3) is 0.286. The molecule has 3 heterocycles. The first-order chi connectivity index (χ1) is 14.9. The van der Waals surface area contributed by atoms with Crippen LogP contribution in [-0.4, -0.2) is 42.6 Å². The molecule has 10 heteroatoms. The minimum atomic E-state index is -0.104. The summed E-state index contributed by atoms with van der Waals surface area (Å²) in [6, 6.07) is 8.85. The van der Waals surface area contributed by atoms with Crippen molar-refractivity contribution in [1.29, 1.82) is 0 Å². The van der Waals surface area contributed by atoms with Gasteiger partial charge in [-0.1, -0.05) is 11.6 Å². The van der Waals surface area contributed by atoms with Gasteiger partial charge in [0.25, 0.3) is 0 Å². The lowest BCUT2D eigenvalue weighted by atomic mass is 10.1. The molecule has 1 N–H and O–H groups in total. The molecule has 0 aliphatic heterocycles. The summed E-state index contributed by atoms with van der Waals surface area (Å²) in [4.78, 5) is 12.5. The summed E-state index contributed by atoms with van der Waals surface area (Å²) < 4.78 is 8.60. The van der Waals surface area contributed by atoms with Gasteiger partial charge in [0.05, 0.1) is 17.8 Å². The molecule has 0 spiro atoms. The van der Waals surface area contributed by atoms with E-state index in [1.165, 1.54) is 0 Å². The predicted molar refractivity (Wildman–Crippen MR) is 117 cm³/mol. The van der Waals surface area contributed by atoms with E-state index in [1.54, 1.807) is 34.5 Å². The number of halogens is 1. The number of methoxy groups -OCH3 is 1. The largest absolute Gasteiger partial charge is 0.495 e. The van der Waals surface area contributed by atoms with Gasteiger partial charge in [-0.15, -0.1) is 15.3 Å². The van der Waals surface area contributed by atoms with Gasteiger partial charge >= 0.3 is 0 Å². The summed E-state index contributed by atoms with van der Waals surface area (Å²) in [5, 5.41) is 20.6. The zero-order valence-electron chi connectivity index (χ0n) is 17.7. The number of nitrogens with one attached hydrogen (secondary N) is 1. The van der Waals surface area contributed by atoms with Crippen LogP contribution in [0.4, 0.5) is 5.69 Å². The molecule has 0 saturated carbocycles. The number of carbonyl (C=O) groups is 1. The van der Waals surface area contributed by atoms with Crippen LogP contribution in [0.2, 0.25) is 5.02 Å². The molecule has 1 aromatic carbocycles. The fourth-order valence-corrected chi connectivity index (χ4v) is 3.72. The van der Waals surface area contributed by atoms with Crippen molar-refractivity contribution in [3.05, 3.63) is 58.1 Å². The highest BCUT2D eigenvalue weighted by Crippen LogP contribution is 2.27. The van der Waals surface area contributed by atoms with Crippen molar-refractivity contribution in [1.82, 2.24) is 29.6 Å². The Labute approximate surface area is 184 Å². The summed E-state index contributed by atoms with van der Waals surface area (Å²) in [6.45, 7) is 5.75. The minimum absolute atomic E-state index is 0.104. The SMILES string of the molecule is COc1ccc(NC(=O)CCc2c(C)nn(-c3ccc4nnc(C)n4n3)c2C)cc1Cl. The molecular formula is C21H22ClN7O2. The number of nitrogens with zero attached hydrogens (tertiary/aromatic N) is 6. The van der Waals surface area contributed by atoms with Gasteiger partial charge in [-0.2, -0.15) is 9.61 Å². The molecule has 31 heavy (non-hydrogen) atoms. The smallest absolute Gasteiger partial charge is 0.224 e. The minimum Gasteiger partial charge on any atom is -0.495 e. The van der Waals surface area contributed by atoms with Crippen LogP contribution >= 0.6 is 11.6 Å². The quantitative estimate of drug-likeness (QED) is 0.494. The van der Waals surface area contributed by atoms with E-state index in [1.807, 2.05) is 32.9 Å². The normalized spacial score (nSPS) is 11.1. The van der Waals surface area contributed by atoms with E-state index in [0.29, 0.717) is 46.6 Å². The van der Waals surface area contributed by atoms with E-state index >= 15 is 0 Å². The second-order valence-electron chi connectivity index (χ2n) is 7.17. The first-order valence-corrected chi connectivity index (χ1v) is 10.1. The molecule has 0 aliphatic carbocycles. The highest BCUT2D eigenvalue weighted by Gasteiger charge is 2.16. The summed E-state index contributed by atoms with van der Waals surface area (Å²) in [5.74, 6) is 1.83. The van der Waals surface area contributed by atoms with Crippen molar-refractivity contribution in [3.8, 4) is 11.6 Å². The molecular weight excluding hydrogens is 418 g/mol. The number of hydrogen-bond acceptors (Lipinski definition) is 6. The first kappa shape index (κ1) is 20.8. The third-order valence-corrected chi connectivity index (χ3v) is 5.40. The monoisotopic (exact) mass is 439 g/mol. The Morgan fingerprint density at radius 2 is 1.94 bits per heavy atom. The molecule has 0 saturated heterocycles. The molecule has 9 nitrogen and oxygen atoms in total. The molecule has 1 amide bonds. The summed E-state index contributed by atoms with van der Waals surface area (Å²) in [7, 11) is 1.55. The van der Waals surface area contributed by atoms with Gasteiger partial charge in [-0.3, -0.25) is 4.79 Å². The van der Waals surface area contributed by atoms with Crippen molar-refractivity contribution in [3.63, 3.8) is 0 Å². The molecule has 4 aromatic rings. The maximum Gasteiger partial charge on any atom is 0.224 e. The predicted octanol–water partition coefficient (Wildman–Crippen LogP) is 3.47. The van der Waals surface area contributed by atoms with Gasteiger partial charge < -0.3 is 10.1 Å². The Kier molecular flexibility index (Phi) is 5.60. The van der Waals surface area contributed by atoms with Crippen LogP contribution < -0.4 is 10.1 Å². The number of rotatable bonds is 6. The Morgan fingerprint density at radius 3 is 2.68 bits per heavy atom. The van der Waals surface area contributed by atoms with Crippen LogP contribution in [-0.2, 0) is 11.2 Å².